The largest absolute Gasteiger partial charge is 0.449 e. The van der Waals surface area contributed by atoms with E-state index in [9.17, 15) is 24.9 Å². The van der Waals surface area contributed by atoms with Crippen LogP contribution in [0.2, 0.25) is 0 Å². The second-order valence-corrected chi connectivity index (χ2v) is 4.51. The lowest BCUT2D eigenvalue weighted by atomic mass is 10.0. The summed E-state index contributed by atoms with van der Waals surface area (Å²) in [7, 11) is 0. The molecule has 0 saturated heterocycles. The van der Waals surface area contributed by atoms with Crippen molar-refractivity contribution in [3.63, 3.8) is 0 Å². The molecule has 0 bridgehead atoms. The quantitative estimate of drug-likeness (QED) is 0.272. The number of ether oxygens (including phenoxy) is 1. The third-order valence-corrected chi connectivity index (χ3v) is 2.87. The number of hydrogen-bond acceptors (Lipinski definition) is 7. The van der Waals surface area contributed by atoms with Crippen LogP contribution in [-0.4, -0.2) is 63.7 Å². The minimum atomic E-state index is -1.85. The summed E-state index contributed by atoms with van der Waals surface area (Å²) in [6, 6.07) is 8.85. The second-order valence-electron chi connectivity index (χ2n) is 4.51. The molecule has 22 heavy (non-hydrogen) atoms. The van der Waals surface area contributed by atoms with Gasteiger partial charge in [-0.3, -0.25) is 4.79 Å². The van der Waals surface area contributed by atoms with Crippen molar-refractivity contribution in [2.75, 3.05) is 6.61 Å². The van der Waals surface area contributed by atoms with Gasteiger partial charge >= 0.3 is 5.97 Å². The molecule has 7 nitrogen and oxygen atoms in total. The fraction of sp³-hybridized carbons (Fsp3) is 0.333. The van der Waals surface area contributed by atoms with Gasteiger partial charge in [0, 0.05) is 6.08 Å². The minimum absolute atomic E-state index is 0.131. The van der Waals surface area contributed by atoms with E-state index in [0.29, 0.717) is 0 Å². The number of benzene rings is 1. The number of rotatable bonds is 8. The molecule has 0 saturated carbocycles. The molecule has 120 valence electrons. The van der Waals surface area contributed by atoms with Crippen molar-refractivity contribution in [3.8, 4) is 0 Å². The number of carbonyl (C=O) groups is 2. The standard InChI is InChI=1S/C15H18O7/c16-8-11(18)14(20)15(21)12(9-17)22-13(19)7-6-10-4-2-1-3-5-10/h1-7,9,11-12,14-16,18,20-21H,8H2/b7-6+. The van der Waals surface area contributed by atoms with Crippen LogP contribution in [0.4, 0.5) is 0 Å². The highest BCUT2D eigenvalue weighted by molar-refractivity contribution is 5.88. The molecule has 0 aromatic heterocycles. The van der Waals surface area contributed by atoms with Gasteiger partial charge in [0.1, 0.15) is 18.3 Å². The molecular weight excluding hydrogens is 292 g/mol. The van der Waals surface area contributed by atoms with E-state index in [1.165, 1.54) is 6.08 Å². The van der Waals surface area contributed by atoms with E-state index in [1.807, 2.05) is 6.07 Å². The summed E-state index contributed by atoms with van der Waals surface area (Å²) in [5.41, 5.74) is 0.735. The van der Waals surface area contributed by atoms with Crippen molar-refractivity contribution in [1.82, 2.24) is 0 Å². The van der Waals surface area contributed by atoms with Crippen LogP contribution in [0.25, 0.3) is 6.08 Å². The van der Waals surface area contributed by atoms with E-state index in [0.717, 1.165) is 11.6 Å². The molecule has 4 atom stereocenters. The molecule has 1 aromatic rings. The summed E-state index contributed by atoms with van der Waals surface area (Å²) in [4.78, 5) is 22.4. The van der Waals surface area contributed by atoms with Gasteiger partial charge in [-0.05, 0) is 11.6 Å². The van der Waals surface area contributed by atoms with E-state index >= 15 is 0 Å². The highest BCUT2D eigenvalue weighted by Gasteiger charge is 2.33. The number of hydrogen-bond donors (Lipinski definition) is 4. The van der Waals surface area contributed by atoms with Crippen LogP contribution in [-0.2, 0) is 14.3 Å². The molecule has 7 heteroatoms. The van der Waals surface area contributed by atoms with E-state index < -0.39 is 37.0 Å². The minimum Gasteiger partial charge on any atom is -0.449 e. The van der Waals surface area contributed by atoms with Crippen LogP contribution in [0.5, 0.6) is 0 Å². The topological polar surface area (TPSA) is 124 Å². The van der Waals surface area contributed by atoms with Gasteiger partial charge in [0.05, 0.1) is 6.61 Å². The zero-order chi connectivity index (χ0) is 16.5. The molecular formula is C15H18O7. The first-order valence-corrected chi connectivity index (χ1v) is 6.53. The fourth-order valence-corrected chi connectivity index (χ4v) is 1.61. The zero-order valence-electron chi connectivity index (χ0n) is 11.6. The number of carbonyl (C=O) groups excluding carboxylic acids is 2. The maximum Gasteiger partial charge on any atom is 0.331 e. The van der Waals surface area contributed by atoms with Gasteiger partial charge in [-0.1, -0.05) is 30.3 Å². The Morgan fingerprint density at radius 1 is 1.14 bits per heavy atom. The van der Waals surface area contributed by atoms with Gasteiger partial charge < -0.3 is 25.2 Å². The van der Waals surface area contributed by atoms with Crippen LogP contribution >= 0.6 is 0 Å². The second kappa shape index (κ2) is 9.06. The van der Waals surface area contributed by atoms with Crippen molar-refractivity contribution in [2.24, 2.45) is 0 Å². The van der Waals surface area contributed by atoms with E-state index in [-0.39, 0.29) is 6.29 Å². The molecule has 0 spiro atoms. The SMILES string of the molecule is O=CC(OC(=O)/C=C/c1ccccc1)C(O)C(O)C(O)CO. The first-order valence-electron chi connectivity index (χ1n) is 6.53. The van der Waals surface area contributed by atoms with Crippen LogP contribution in [0.15, 0.2) is 36.4 Å². The van der Waals surface area contributed by atoms with Crippen molar-refractivity contribution >= 4 is 18.3 Å². The van der Waals surface area contributed by atoms with E-state index in [1.54, 1.807) is 24.3 Å². The maximum absolute atomic E-state index is 11.6. The first kappa shape index (κ1) is 18.0. The Labute approximate surface area is 127 Å². The van der Waals surface area contributed by atoms with Crippen LogP contribution < -0.4 is 0 Å². The number of aldehydes is 1. The molecule has 0 aliphatic carbocycles. The molecule has 0 aliphatic heterocycles. The summed E-state index contributed by atoms with van der Waals surface area (Å²) >= 11 is 0. The number of aliphatic hydroxyl groups is 4. The van der Waals surface area contributed by atoms with Gasteiger partial charge in [0.25, 0.3) is 0 Å². The summed E-state index contributed by atoms with van der Waals surface area (Å²) in [6.07, 6.45) is -4.35. The predicted octanol–water partition coefficient (Wildman–Crippen LogP) is -1.11. The van der Waals surface area contributed by atoms with Crippen molar-refractivity contribution < 1.29 is 34.8 Å². The summed E-state index contributed by atoms with van der Waals surface area (Å²) < 4.78 is 4.70. The lowest BCUT2D eigenvalue weighted by Crippen LogP contribution is -2.47. The van der Waals surface area contributed by atoms with Crippen LogP contribution in [0.3, 0.4) is 0 Å². The molecule has 1 aromatic carbocycles. The Morgan fingerprint density at radius 3 is 2.32 bits per heavy atom. The maximum atomic E-state index is 11.6. The Kier molecular flexibility index (Phi) is 7.41. The predicted molar refractivity (Wildman–Crippen MR) is 76.5 cm³/mol. The third-order valence-electron chi connectivity index (χ3n) is 2.87. The van der Waals surface area contributed by atoms with Crippen molar-refractivity contribution in [3.05, 3.63) is 42.0 Å². The summed E-state index contributed by atoms with van der Waals surface area (Å²) in [5.74, 6) is -0.898. The highest BCUT2D eigenvalue weighted by Crippen LogP contribution is 2.08. The first-order chi connectivity index (χ1) is 10.5. The molecule has 0 aliphatic rings. The van der Waals surface area contributed by atoms with E-state index in [4.69, 9.17) is 9.84 Å². The Hall–Kier alpha value is -2.06. The zero-order valence-corrected chi connectivity index (χ0v) is 11.6. The Balaban J connectivity index is 2.63. The summed E-state index contributed by atoms with van der Waals surface area (Å²) in [5, 5.41) is 37.0. The molecule has 0 radical (unpaired) electrons. The summed E-state index contributed by atoms with van der Waals surface area (Å²) in [6.45, 7) is -0.814. The lowest BCUT2D eigenvalue weighted by molar-refractivity contribution is -0.163. The molecule has 0 fully saturated rings. The van der Waals surface area contributed by atoms with Gasteiger partial charge in [-0.15, -0.1) is 0 Å². The van der Waals surface area contributed by atoms with E-state index in [2.05, 4.69) is 0 Å². The lowest BCUT2D eigenvalue weighted by Gasteiger charge is -2.25. The molecule has 0 heterocycles. The van der Waals surface area contributed by atoms with Gasteiger partial charge in [0.2, 0.25) is 0 Å². The van der Waals surface area contributed by atoms with Crippen LogP contribution in [0.1, 0.15) is 5.56 Å². The average molecular weight is 310 g/mol. The van der Waals surface area contributed by atoms with Crippen molar-refractivity contribution in [1.29, 1.82) is 0 Å². The molecule has 0 amide bonds. The van der Waals surface area contributed by atoms with Crippen molar-refractivity contribution in [2.45, 2.75) is 24.4 Å². The average Bonchev–Trinajstić information content (AvgIpc) is 2.56. The monoisotopic (exact) mass is 310 g/mol. The molecule has 4 unspecified atom stereocenters. The fourth-order valence-electron chi connectivity index (χ4n) is 1.61. The highest BCUT2D eigenvalue weighted by atomic mass is 16.6. The number of esters is 1. The molecule has 4 N–H and O–H groups in total. The Bertz CT molecular complexity index is 500. The smallest absolute Gasteiger partial charge is 0.331 e. The van der Waals surface area contributed by atoms with Gasteiger partial charge in [0.15, 0.2) is 12.4 Å². The Morgan fingerprint density at radius 2 is 1.77 bits per heavy atom. The molecule has 1 rings (SSSR count). The number of aliphatic hydroxyl groups excluding tert-OH is 4. The van der Waals surface area contributed by atoms with Gasteiger partial charge in [-0.2, -0.15) is 0 Å². The van der Waals surface area contributed by atoms with Crippen LogP contribution in [0, 0.1) is 0 Å². The normalized spacial score (nSPS) is 16.7. The van der Waals surface area contributed by atoms with Gasteiger partial charge in [-0.25, -0.2) is 4.79 Å². The third kappa shape index (κ3) is 5.38.